The van der Waals surface area contributed by atoms with Crippen molar-refractivity contribution in [2.75, 3.05) is 0 Å². The van der Waals surface area contributed by atoms with Crippen LogP contribution in [0, 0.1) is 28.2 Å². The molecule has 1 N–H and O–H groups in total. The molecule has 0 aliphatic rings. The molecule has 1 rings (SSSR count). The number of nitrogens with one attached hydrogen (secondary N) is 1. The van der Waals surface area contributed by atoms with Crippen molar-refractivity contribution in [1.29, 1.82) is 16.1 Å². The van der Waals surface area contributed by atoms with Gasteiger partial charge < -0.3 is 0 Å². The fourth-order valence-corrected chi connectivity index (χ4v) is 0.844. The minimum Gasteiger partial charge on any atom is -0.204 e. The van der Waals surface area contributed by atoms with Gasteiger partial charge in [-0.25, -0.2) is 5.53 Å². The molecule has 0 amide bonds. The zero-order valence-electron chi connectivity index (χ0n) is 6.07. The van der Waals surface area contributed by atoms with E-state index in [9.17, 15) is 0 Å². The molecule has 4 heteroatoms. The smallest absolute Gasteiger partial charge is 0.120 e. The molecule has 0 atom stereocenters. The maximum absolute atomic E-state index is 8.57. The standard InChI is InChI=1S/C8H4N4/c9-4-6-2-1-3-7(5-10)8(6)12-11/h1-3,11H. The van der Waals surface area contributed by atoms with Crippen molar-refractivity contribution < 1.29 is 0 Å². The lowest BCUT2D eigenvalue weighted by Gasteiger charge is -1.95. The fourth-order valence-electron chi connectivity index (χ4n) is 0.844. The van der Waals surface area contributed by atoms with E-state index < -0.39 is 0 Å². The average Bonchev–Trinajstić information content (AvgIpc) is 2.16. The average molecular weight is 156 g/mol. The molecule has 0 aromatic heterocycles. The van der Waals surface area contributed by atoms with Gasteiger partial charge in [0.1, 0.15) is 17.8 Å². The first-order valence-electron chi connectivity index (χ1n) is 3.14. The van der Waals surface area contributed by atoms with Crippen LogP contribution in [0.25, 0.3) is 0 Å². The van der Waals surface area contributed by atoms with Gasteiger partial charge in [-0.3, -0.25) is 0 Å². The maximum atomic E-state index is 8.57. The molecule has 0 fully saturated rings. The third-order valence-corrected chi connectivity index (χ3v) is 1.39. The molecule has 0 spiro atoms. The van der Waals surface area contributed by atoms with Gasteiger partial charge in [0.25, 0.3) is 0 Å². The summed E-state index contributed by atoms with van der Waals surface area (Å²) in [6.07, 6.45) is 0. The number of benzene rings is 1. The summed E-state index contributed by atoms with van der Waals surface area (Å²) in [5.41, 5.74) is 7.40. The van der Waals surface area contributed by atoms with E-state index in [1.165, 1.54) is 12.1 Å². The first-order valence-corrected chi connectivity index (χ1v) is 3.14. The van der Waals surface area contributed by atoms with Gasteiger partial charge in [0.2, 0.25) is 0 Å². The largest absolute Gasteiger partial charge is 0.204 e. The molecule has 0 unspecified atom stereocenters. The Morgan fingerprint density at radius 1 is 1.17 bits per heavy atom. The van der Waals surface area contributed by atoms with Crippen molar-refractivity contribution in [2.24, 2.45) is 5.11 Å². The van der Waals surface area contributed by atoms with E-state index in [0.29, 0.717) is 0 Å². The summed E-state index contributed by atoms with van der Waals surface area (Å²) in [5, 5.41) is 20.3. The Balaban J connectivity index is 3.47. The van der Waals surface area contributed by atoms with Crippen LogP contribution < -0.4 is 0 Å². The predicted molar refractivity (Wildman–Crippen MR) is 40.7 cm³/mol. The summed E-state index contributed by atoms with van der Waals surface area (Å²) in [4.78, 5) is 0. The van der Waals surface area contributed by atoms with Crippen molar-refractivity contribution in [2.45, 2.75) is 0 Å². The molecule has 0 aliphatic heterocycles. The second-order valence-electron chi connectivity index (χ2n) is 2.04. The molecule has 0 saturated carbocycles. The van der Waals surface area contributed by atoms with Crippen LogP contribution in [0.2, 0.25) is 0 Å². The van der Waals surface area contributed by atoms with E-state index in [0.717, 1.165) is 0 Å². The zero-order valence-corrected chi connectivity index (χ0v) is 6.07. The van der Waals surface area contributed by atoms with Gasteiger partial charge in [-0.2, -0.15) is 15.6 Å². The number of hydrogen-bond acceptors (Lipinski definition) is 4. The number of hydrogen-bond donors (Lipinski definition) is 1. The van der Waals surface area contributed by atoms with Gasteiger partial charge >= 0.3 is 0 Å². The quantitative estimate of drug-likeness (QED) is 0.631. The lowest BCUT2D eigenvalue weighted by molar-refractivity contribution is 1.14. The van der Waals surface area contributed by atoms with E-state index in [4.69, 9.17) is 16.1 Å². The van der Waals surface area contributed by atoms with Crippen LogP contribution in [0.4, 0.5) is 5.69 Å². The number of nitriles is 2. The molecule has 1 aromatic rings. The van der Waals surface area contributed by atoms with Gasteiger partial charge in [0.15, 0.2) is 0 Å². The van der Waals surface area contributed by atoms with Crippen LogP contribution in [0.1, 0.15) is 11.1 Å². The third-order valence-electron chi connectivity index (χ3n) is 1.39. The summed E-state index contributed by atoms with van der Waals surface area (Å²) >= 11 is 0. The molecule has 12 heavy (non-hydrogen) atoms. The molecule has 4 nitrogen and oxygen atoms in total. The van der Waals surface area contributed by atoms with E-state index in [1.807, 2.05) is 12.1 Å². The van der Waals surface area contributed by atoms with Gasteiger partial charge in [-0.1, -0.05) is 6.07 Å². The van der Waals surface area contributed by atoms with E-state index in [1.54, 1.807) is 6.07 Å². The second kappa shape index (κ2) is 3.27. The SMILES string of the molecule is N#Cc1cccc(C#N)c1N=N. The molecule has 0 bridgehead atoms. The first-order chi connectivity index (χ1) is 5.83. The highest BCUT2D eigenvalue weighted by Gasteiger charge is 2.05. The lowest BCUT2D eigenvalue weighted by Crippen LogP contribution is -1.80. The predicted octanol–water partition coefficient (Wildman–Crippen LogP) is 2.09. The van der Waals surface area contributed by atoms with E-state index in [2.05, 4.69) is 5.11 Å². The molecule has 0 heterocycles. The normalized spacial score (nSPS) is 8.17. The van der Waals surface area contributed by atoms with Crippen molar-refractivity contribution in [1.82, 2.24) is 0 Å². The lowest BCUT2D eigenvalue weighted by atomic mass is 10.1. The topological polar surface area (TPSA) is 83.8 Å². The molecule has 56 valence electrons. The van der Waals surface area contributed by atoms with Crippen molar-refractivity contribution in [3.05, 3.63) is 29.3 Å². The van der Waals surface area contributed by atoms with Gasteiger partial charge in [0, 0.05) is 0 Å². The minimum atomic E-state index is 0.141. The Morgan fingerprint density at radius 3 is 2.00 bits per heavy atom. The van der Waals surface area contributed by atoms with Crippen molar-refractivity contribution in [3.8, 4) is 12.1 Å². The van der Waals surface area contributed by atoms with Crippen LogP contribution in [0.3, 0.4) is 0 Å². The molecule has 1 aromatic carbocycles. The Kier molecular flexibility index (Phi) is 2.15. The molecule has 0 aliphatic carbocycles. The van der Waals surface area contributed by atoms with Crippen molar-refractivity contribution >= 4 is 5.69 Å². The molecule has 0 radical (unpaired) electrons. The molecular weight excluding hydrogens is 152 g/mol. The van der Waals surface area contributed by atoms with Crippen LogP contribution >= 0.6 is 0 Å². The van der Waals surface area contributed by atoms with E-state index in [-0.39, 0.29) is 16.8 Å². The summed E-state index contributed by atoms with van der Waals surface area (Å²) in [7, 11) is 0. The maximum Gasteiger partial charge on any atom is 0.120 e. The Morgan fingerprint density at radius 2 is 1.67 bits per heavy atom. The Bertz CT molecular complexity index is 362. The highest BCUT2D eigenvalue weighted by atomic mass is 15.0. The van der Waals surface area contributed by atoms with Crippen LogP contribution in [0.15, 0.2) is 23.3 Å². The monoisotopic (exact) mass is 156 g/mol. The van der Waals surface area contributed by atoms with Gasteiger partial charge in [-0.05, 0) is 12.1 Å². The Hall–Kier alpha value is -2.20. The van der Waals surface area contributed by atoms with E-state index >= 15 is 0 Å². The van der Waals surface area contributed by atoms with Gasteiger partial charge in [0.05, 0.1) is 11.1 Å². The second-order valence-corrected chi connectivity index (χ2v) is 2.04. The Labute approximate surface area is 69.2 Å². The van der Waals surface area contributed by atoms with Crippen LogP contribution in [0.5, 0.6) is 0 Å². The number of para-hydroxylation sites is 1. The van der Waals surface area contributed by atoms with Crippen LogP contribution in [-0.2, 0) is 0 Å². The number of nitrogens with zero attached hydrogens (tertiary/aromatic N) is 3. The van der Waals surface area contributed by atoms with Crippen molar-refractivity contribution in [3.63, 3.8) is 0 Å². The third kappa shape index (κ3) is 1.14. The molecule has 0 saturated heterocycles. The fraction of sp³-hybridized carbons (Fsp3) is 0. The summed E-state index contributed by atoms with van der Waals surface area (Å²) in [5.74, 6) is 0. The summed E-state index contributed by atoms with van der Waals surface area (Å²) in [6.45, 7) is 0. The van der Waals surface area contributed by atoms with Crippen LogP contribution in [-0.4, -0.2) is 0 Å². The zero-order chi connectivity index (χ0) is 8.97. The summed E-state index contributed by atoms with van der Waals surface area (Å²) in [6, 6.07) is 8.35. The highest BCUT2D eigenvalue weighted by Crippen LogP contribution is 2.22. The molecular formula is C8H4N4. The summed E-state index contributed by atoms with van der Waals surface area (Å²) < 4.78 is 0. The highest BCUT2D eigenvalue weighted by molar-refractivity contribution is 5.62. The number of rotatable bonds is 1. The first kappa shape index (κ1) is 7.90. The van der Waals surface area contributed by atoms with Gasteiger partial charge in [-0.15, -0.1) is 0 Å². The minimum absolute atomic E-state index is 0.141.